The van der Waals surface area contributed by atoms with E-state index in [0.29, 0.717) is 5.41 Å². The zero-order valence-corrected chi connectivity index (χ0v) is 10.3. The Kier molecular flexibility index (Phi) is 3.01. The van der Waals surface area contributed by atoms with Gasteiger partial charge in [0, 0.05) is 30.2 Å². The highest BCUT2D eigenvalue weighted by atomic mass is 14.9. The third-order valence-electron chi connectivity index (χ3n) is 2.65. The number of para-hydroxylation sites is 1. The number of rotatable bonds is 3. The summed E-state index contributed by atoms with van der Waals surface area (Å²) in [6, 6.07) is 8.43. The second-order valence-electron chi connectivity index (χ2n) is 5.52. The van der Waals surface area contributed by atoms with Crippen LogP contribution in [0.1, 0.15) is 26.3 Å². The molecular weight excluding hydrogens is 196 g/mol. The molecule has 0 saturated carbocycles. The average molecular weight is 216 g/mol. The molecule has 0 bridgehead atoms. The monoisotopic (exact) mass is 216 g/mol. The van der Waals surface area contributed by atoms with Gasteiger partial charge < -0.3 is 10.3 Å². The van der Waals surface area contributed by atoms with Gasteiger partial charge >= 0.3 is 0 Å². The van der Waals surface area contributed by atoms with Crippen molar-refractivity contribution < 1.29 is 0 Å². The van der Waals surface area contributed by atoms with E-state index in [4.69, 9.17) is 0 Å². The minimum Gasteiger partial charge on any atom is -0.361 e. The van der Waals surface area contributed by atoms with Gasteiger partial charge in [0.25, 0.3) is 0 Å². The van der Waals surface area contributed by atoms with Crippen molar-refractivity contribution in [2.75, 3.05) is 6.54 Å². The second-order valence-corrected chi connectivity index (χ2v) is 5.52. The predicted molar refractivity (Wildman–Crippen MR) is 69.5 cm³/mol. The van der Waals surface area contributed by atoms with Crippen LogP contribution in [0.4, 0.5) is 0 Å². The summed E-state index contributed by atoms with van der Waals surface area (Å²) in [6.07, 6.45) is 2.10. The zero-order chi connectivity index (χ0) is 11.6. The first-order chi connectivity index (χ1) is 7.56. The highest BCUT2D eigenvalue weighted by Crippen LogP contribution is 2.18. The summed E-state index contributed by atoms with van der Waals surface area (Å²) < 4.78 is 0. The number of hydrogen-bond donors (Lipinski definition) is 2. The Labute approximate surface area is 97.1 Å². The van der Waals surface area contributed by atoms with E-state index in [1.54, 1.807) is 0 Å². The van der Waals surface area contributed by atoms with Crippen LogP contribution in [0.25, 0.3) is 10.9 Å². The maximum absolute atomic E-state index is 3.50. The molecule has 2 N–H and O–H groups in total. The number of hydrogen-bond acceptors (Lipinski definition) is 1. The molecule has 1 aromatic heterocycles. The summed E-state index contributed by atoms with van der Waals surface area (Å²) in [5.41, 5.74) is 2.90. The Hall–Kier alpha value is -1.28. The van der Waals surface area contributed by atoms with Crippen molar-refractivity contribution in [1.29, 1.82) is 0 Å². The van der Waals surface area contributed by atoms with Gasteiger partial charge in [-0.25, -0.2) is 0 Å². The lowest BCUT2D eigenvalue weighted by atomic mass is 9.97. The summed E-state index contributed by atoms with van der Waals surface area (Å²) in [5.74, 6) is 0. The Morgan fingerprint density at radius 3 is 2.69 bits per heavy atom. The van der Waals surface area contributed by atoms with Gasteiger partial charge in [-0.15, -0.1) is 0 Å². The number of aromatic amines is 1. The maximum Gasteiger partial charge on any atom is 0.0457 e. The average Bonchev–Trinajstić information content (AvgIpc) is 2.60. The molecule has 0 spiro atoms. The van der Waals surface area contributed by atoms with Crippen LogP contribution in [0, 0.1) is 5.41 Å². The SMILES string of the molecule is CC(C)(C)CNCc1c[nH]c2ccccc12. The summed E-state index contributed by atoms with van der Waals surface area (Å²) in [5, 5.41) is 4.82. The van der Waals surface area contributed by atoms with Crippen molar-refractivity contribution in [3.8, 4) is 0 Å². The fourth-order valence-electron chi connectivity index (χ4n) is 1.85. The number of aromatic nitrogens is 1. The first-order valence-corrected chi connectivity index (χ1v) is 5.82. The number of benzene rings is 1. The predicted octanol–water partition coefficient (Wildman–Crippen LogP) is 3.30. The highest BCUT2D eigenvalue weighted by Gasteiger charge is 2.09. The van der Waals surface area contributed by atoms with Gasteiger partial charge in [-0.3, -0.25) is 0 Å². The van der Waals surface area contributed by atoms with Crippen molar-refractivity contribution in [1.82, 2.24) is 10.3 Å². The van der Waals surface area contributed by atoms with E-state index in [0.717, 1.165) is 13.1 Å². The molecule has 0 fully saturated rings. The standard InChI is InChI=1S/C14H20N2/c1-14(2,3)10-15-8-11-9-16-13-7-5-4-6-12(11)13/h4-7,9,15-16H,8,10H2,1-3H3. The minimum absolute atomic E-state index is 0.339. The summed E-state index contributed by atoms with van der Waals surface area (Å²) in [6.45, 7) is 8.70. The molecule has 0 radical (unpaired) electrons. The lowest BCUT2D eigenvalue weighted by molar-refractivity contribution is 0.379. The molecule has 0 unspecified atom stereocenters. The fraction of sp³-hybridized carbons (Fsp3) is 0.429. The highest BCUT2D eigenvalue weighted by molar-refractivity contribution is 5.82. The lowest BCUT2D eigenvalue weighted by Gasteiger charge is -2.18. The topological polar surface area (TPSA) is 27.8 Å². The van der Waals surface area contributed by atoms with Crippen LogP contribution < -0.4 is 5.32 Å². The Bertz CT molecular complexity index is 463. The van der Waals surface area contributed by atoms with Crippen LogP contribution in [0.2, 0.25) is 0 Å². The van der Waals surface area contributed by atoms with Gasteiger partial charge in [0.1, 0.15) is 0 Å². The molecule has 0 aliphatic heterocycles. The van der Waals surface area contributed by atoms with E-state index < -0.39 is 0 Å². The molecule has 2 rings (SSSR count). The van der Waals surface area contributed by atoms with Crippen LogP contribution in [0.15, 0.2) is 30.5 Å². The Morgan fingerprint density at radius 2 is 1.94 bits per heavy atom. The van der Waals surface area contributed by atoms with E-state index >= 15 is 0 Å². The molecule has 0 amide bonds. The molecule has 1 aromatic carbocycles. The molecule has 1 heterocycles. The molecular formula is C14H20N2. The van der Waals surface area contributed by atoms with Crippen LogP contribution in [0.3, 0.4) is 0 Å². The van der Waals surface area contributed by atoms with E-state index in [1.165, 1.54) is 16.5 Å². The molecule has 0 aliphatic carbocycles. The summed E-state index contributed by atoms with van der Waals surface area (Å²) in [4.78, 5) is 3.30. The number of H-pyrrole nitrogens is 1. The number of nitrogens with one attached hydrogen (secondary N) is 2. The van der Waals surface area contributed by atoms with Crippen molar-refractivity contribution in [3.05, 3.63) is 36.0 Å². The van der Waals surface area contributed by atoms with Crippen LogP contribution in [-0.2, 0) is 6.54 Å². The quantitative estimate of drug-likeness (QED) is 0.809. The third kappa shape index (κ3) is 2.64. The number of fused-ring (bicyclic) bond motifs is 1. The smallest absolute Gasteiger partial charge is 0.0457 e. The molecule has 0 aliphatic rings. The molecule has 2 nitrogen and oxygen atoms in total. The van der Waals surface area contributed by atoms with Crippen molar-refractivity contribution >= 4 is 10.9 Å². The van der Waals surface area contributed by atoms with Gasteiger partial charge in [-0.05, 0) is 17.0 Å². The van der Waals surface area contributed by atoms with Gasteiger partial charge in [0.15, 0.2) is 0 Å². The van der Waals surface area contributed by atoms with E-state index in [2.05, 4.69) is 61.5 Å². The Balaban J connectivity index is 2.05. The lowest BCUT2D eigenvalue weighted by Crippen LogP contribution is -2.26. The van der Waals surface area contributed by atoms with E-state index in [1.807, 2.05) is 0 Å². The fourth-order valence-corrected chi connectivity index (χ4v) is 1.85. The summed E-state index contributed by atoms with van der Waals surface area (Å²) in [7, 11) is 0. The largest absolute Gasteiger partial charge is 0.361 e. The molecule has 2 heteroatoms. The van der Waals surface area contributed by atoms with Crippen LogP contribution in [0.5, 0.6) is 0 Å². The Morgan fingerprint density at radius 1 is 1.19 bits per heavy atom. The molecule has 86 valence electrons. The van der Waals surface area contributed by atoms with Crippen LogP contribution in [-0.4, -0.2) is 11.5 Å². The van der Waals surface area contributed by atoms with Crippen molar-refractivity contribution in [2.24, 2.45) is 5.41 Å². The first-order valence-electron chi connectivity index (χ1n) is 5.82. The van der Waals surface area contributed by atoms with Crippen molar-refractivity contribution in [2.45, 2.75) is 27.3 Å². The maximum atomic E-state index is 3.50. The normalized spacial score (nSPS) is 12.2. The molecule has 0 saturated heterocycles. The van der Waals surface area contributed by atoms with Gasteiger partial charge in [-0.1, -0.05) is 39.0 Å². The molecule has 2 aromatic rings. The summed E-state index contributed by atoms with van der Waals surface area (Å²) >= 11 is 0. The first kappa shape index (κ1) is 11.2. The van der Waals surface area contributed by atoms with E-state index in [-0.39, 0.29) is 0 Å². The second kappa shape index (κ2) is 4.30. The van der Waals surface area contributed by atoms with E-state index in [9.17, 15) is 0 Å². The van der Waals surface area contributed by atoms with Crippen LogP contribution >= 0.6 is 0 Å². The van der Waals surface area contributed by atoms with Gasteiger partial charge in [0.05, 0.1) is 0 Å². The van der Waals surface area contributed by atoms with Crippen molar-refractivity contribution in [3.63, 3.8) is 0 Å². The van der Waals surface area contributed by atoms with Gasteiger partial charge in [-0.2, -0.15) is 0 Å². The van der Waals surface area contributed by atoms with Gasteiger partial charge in [0.2, 0.25) is 0 Å². The molecule has 16 heavy (non-hydrogen) atoms. The molecule has 0 atom stereocenters. The third-order valence-corrected chi connectivity index (χ3v) is 2.65. The zero-order valence-electron chi connectivity index (χ0n) is 10.3. The minimum atomic E-state index is 0.339.